The zero-order valence-electron chi connectivity index (χ0n) is 37.0. The van der Waals surface area contributed by atoms with E-state index < -0.39 is 260 Å². The van der Waals surface area contributed by atoms with E-state index in [1.807, 2.05) is 0 Å². The van der Waals surface area contributed by atoms with Gasteiger partial charge in [0.05, 0.1) is 33.4 Å². The van der Waals surface area contributed by atoms with Gasteiger partial charge in [-0.3, -0.25) is 0 Å². The number of hydrogen-bond acceptors (Lipinski definition) is 2. The molecule has 0 aromatic heterocycles. The van der Waals surface area contributed by atoms with Crippen LogP contribution < -0.4 is 9.31 Å². The van der Waals surface area contributed by atoms with E-state index in [-0.39, 0.29) is 24.3 Å². The largest absolute Gasteiger partial charge is 0.658 e. The fourth-order valence-corrected chi connectivity index (χ4v) is 7.90. The third-order valence-corrected chi connectivity index (χ3v) is 11.5. The molecule has 421 valence electrons. The summed E-state index contributed by atoms with van der Waals surface area (Å²) in [6, 6.07) is -1.23. The van der Waals surface area contributed by atoms with Gasteiger partial charge in [-0.25, -0.2) is 132 Å². The van der Waals surface area contributed by atoms with Crippen molar-refractivity contribution in [1.29, 1.82) is 0 Å². The van der Waals surface area contributed by atoms with E-state index in [0.29, 0.717) is 0 Å². The van der Waals surface area contributed by atoms with E-state index in [2.05, 4.69) is 0 Å². The molecule has 8 aromatic rings. The molecule has 0 bridgehead atoms. The first kappa shape index (κ1) is 58.5. The minimum absolute atomic E-state index is 0.284. The highest BCUT2D eigenvalue weighted by molar-refractivity contribution is 6.22. The molecule has 8 aromatic carbocycles. The smallest absolute Gasteiger partial charge is 0.526 e. The van der Waals surface area contributed by atoms with Crippen molar-refractivity contribution in [2.75, 3.05) is 0 Å². The van der Waals surface area contributed by atoms with Gasteiger partial charge in [0.2, 0.25) is 34.9 Å². The maximum absolute atomic E-state index is 16.0. The fourth-order valence-electron chi connectivity index (χ4n) is 7.90. The van der Waals surface area contributed by atoms with Crippen LogP contribution in [0.5, 0.6) is 11.5 Å². The summed E-state index contributed by atoms with van der Waals surface area (Å²) in [5, 5.41) is 0. The van der Waals surface area contributed by atoms with Gasteiger partial charge in [0.15, 0.2) is 140 Å². The monoisotopic (exact) mass is 1190 g/mol. The predicted molar refractivity (Wildman–Crippen MR) is 211 cm³/mol. The number of benzene rings is 8. The molecule has 0 fully saturated rings. The summed E-state index contributed by atoms with van der Waals surface area (Å²) in [5.41, 5.74) is -31.6. The Morgan fingerprint density at radius 2 is 0.309 bits per heavy atom. The van der Waals surface area contributed by atoms with Gasteiger partial charge in [0.25, 0.3) is 0 Å². The molecular formula is C48H4BF30O2. The quantitative estimate of drug-likeness (QED) is 0.0588. The van der Waals surface area contributed by atoms with E-state index in [4.69, 9.17) is 9.31 Å². The van der Waals surface area contributed by atoms with Crippen molar-refractivity contribution in [3.05, 3.63) is 199 Å². The van der Waals surface area contributed by atoms with Crippen molar-refractivity contribution in [2.24, 2.45) is 0 Å². The molecule has 0 spiro atoms. The fraction of sp³-hybridized carbons (Fsp3) is 0. The van der Waals surface area contributed by atoms with Gasteiger partial charge in [-0.05, 0) is 35.4 Å². The predicted octanol–water partition coefficient (Wildman–Crippen LogP) is 16.9. The first-order chi connectivity index (χ1) is 37.8. The summed E-state index contributed by atoms with van der Waals surface area (Å²) in [7, 11) is -0.795. The maximum Gasteiger partial charge on any atom is 0.658 e. The van der Waals surface area contributed by atoms with E-state index in [0.717, 1.165) is 0 Å². The Morgan fingerprint density at radius 1 is 0.160 bits per heavy atom. The van der Waals surface area contributed by atoms with Crippen molar-refractivity contribution in [3.8, 4) is 78.3 Å². The molecule has 1 radical (unpaired) electrons. The topological polar surface area (TPSA) is 18.5 Å². The molecule has 2 nitrogen and oxygen atoms in total. The highest BCUT2D eigenvalue weighted by atomic mass is 19.2. The molecule has 0 aliphatic carbocycles. The number of halogens is 30. The van der Waals surface area contributed by atoms with Crippen LogP contribution in [0.2, 0.25) is 0 Å². The van der Waals surface area contributed by atoms with Gasteiger partial charge in [-0.1, -0.05) is 0 Å². The molecule has 81 heavy (non-hydrogen) atoms. The van der Waals surface area contributed by atoms with Gasteiger partial charge in [0, 0.05) is 22.3 Å². The molecule has 0 saturated heterocycles. The van der Waals surface area contributed by atoms with Crippen molar-refractivity contribution < 1.29 is 141 Å². The Labute approximate surface area is 425 Å². The van der Waals surface area contributed by atoms with E-state index in [1.54, 1.807) is 0 Å². The second-order valence-corrected chi connectivity index (χ2v) is 15.7. The van der Waals surface area contributed by atoms with Gasteiger partial charge < -0.3 is 9.31 Å². The molecule has 33 heteroatoms. The summed E-state index contributed by atoms with van der Waals surface area (Å²) in [4.78, 5) is 0. The molecule has 0 unspecified atom stereocenters. The Morgan fingerprint density at radius 3 is 0.494 bits per heavy atom. The number of rotatable bonds is 10. The Hall–Kier alpha value is -8.68. The second kappa shape index (κ2) is 20.8. The Balaban J connectivity index is 1.53. The van der Waals surface area contributed by atoms with Gasteiger partial charge >= 0.3 is 7.69 Å². The van der Waals surface area contributed by atoms with Gasteiger partial charge in [0.1, 0.15) is 11.5 Å². The van der Waals surface area contributed by atoms with Crippen LogP contribution in [0.25, 0.3) is 66.8 Å². The average molecular weight is 1190 g/mol. The molecule has 0 amide bonds. The second-order valence-electron chi connectivity index (χ2n) is 15.7. The average Bonchev–Trinajstić information content (AvgIpc) is 3.52. The van der Waals surface area contributed by atoms with Gasteiger partial charge in [-0.15, -0.1) is 0 Å². The SMILES string of the molecule is Fc1c(F)c(F)c(-c2ccc(O[B]Oc3ccc(-c4c(F)c(F)c(F)c(F)c4F)c(-c4c(F)c(F)c(F)c(F)c4F)c3-c3c(F)c(F)c(F)c(F)c3F)c(-c3c(F)c(F)c(F)c(F)c3F)c2-c2c(F)c(F)c(F)c(F)c2F)c(F)c1F. The van der Waals surface area contributed by atoms with E-state index >= 15 is 70.2 Å². The minimum atomic E-state index is -3.29. The van der Waals surface area contributed by atoms with E-state index in [9.17, 15) is 61.5 Å². The lowest BCUT2D eigenvalue weighted by molar-refractivity contribution is 0.379. The third-order valence-electron chi connectivity index (χ3n) is 11.5. The molecule has 0 heterocycles. The van der Waals surface area contributed by atoms with Crippen molar-refractivity contribution in [2.45, 2.75) is 0 Å². The minimum Gasteiger partial charge on any atom is -0.526 e. The highest BCUT2D eigenvalue weighted by Crippen LogP contribution is 2.54. The van der Waals surface area contributed by atoms with Crippen LogP contribution in [0.3, 0.4) is 0 Å². The maximum atomic E-state index is 16.0. The lowest BCUT2D eigenvalue weighted by Gasteiger charge is -2.24. The summed E-state index contributed by atoms with van der Waals surface area (Å²) in [6.07, 6.45) is 0. The Kier molecular flexibility index (Phi) is 15.0. The number of hydrogen-bond donors (Lipinski definition) is 0. The van der Waals surface area contributed by atoms with Crippen molar-refractivity contribution >= 4 is 7.69 Å². The molecule has 0 aliphatic rings. The zero-order valence-corrected chi connectivity index (χ0v) is 37.0. The standard InChI is InChI=1S/C48H4BF30O2/c50-19-11(20(51)32(63)43(74)31(19)62)5-1-3-7(13(17-27(58)39(70)47(78)40(71)28(17)59)9(5)15-23(54)35(66)45(76)36(67)24(15)55)80-49-81-8-4-2-6(12-21(52)33(64)44(75)34(65)22(12)53)10(16-25(56)37(68)46(77)38(69)26(16)57)14(8)18-29(60)41(72)48(79)42(73)30(18)61/h1-4H. The summed E-state index contributed by atoms with van der Waals surface area (Å²) >= 11 is 0. The molecule has 0 N–H and O–H groups in total. The third kappa shape index (κ3) is 8.63. The molecule has 8 rings (SSSR count). The zero-order chi connectivity index (χ0) is 60.4. The summed E-state index contributed by atoms with van der Waals surface area (Å²) in [5.74, 6) is -101. The van der Waals surface area contributed by atoms with Crippen LogP contribution in [0, 0.1) is 175 Å². The molecule has 0 atom stereocenters. The first-order valence-corrected chi connectivity index (χ1v) is 20.4. The van der Waals surface area contributed by atoms with Crippen LogP contribution >= 0.6 is 0 Å². The molecular weight excluding hydrogens is 1190 g/mol. The molecule has 0 aliphatic heterocycles. The van der Waals surface area contributed by atoms with Gasteiger partial charge in [-0.2, -0.15) is 0 Å². The van der Waals surface area contributed by atoms with Crippen LogP contribution in [-0.4, -0.2) is 7.69 Å². The van der Waals surface area contributed by atoms with Crippen LogP contribution in [0.15, 0.2) is 24.3 Å². The first-order valence-electron chi connectivity index (χ1n) is 20.4. The Bertz CT molecular complexity index is 3670. The van der Waals surface area contributed by atoms with Crippen molar-refractivity contribution in [1.82, 2.24) is 0 Å². The van der Waals surface area contributed by atoms with E-state index in [1.165, 1.54) is 0 Å². The lowest BCUT2D eigenvalue weighted by atomic mass is 9.85. The normalized spacial score (nSPS) is 11.6. The highest BCUT2D eigenvalue weighted by Gasteiger charge is 2.41. The summed E-state index contributed by atoms with van der Waals surface area (Å²) in [6.45, 7) is 0. The van der Waals surface area contributed by atoms with Crippen LogP contribution in [0.1, 0.15) is 0 Å². The summed E-state index contributed by atoms with van der Waals surface area (Å²) < 4.78 is 465. The lowest BCUT2D eigenvalue weighted by Crippen LogP contribution is -2.16. The van der Waals surface area contributed by atoms with Crippen LogP contribution in [-0.2, 0) is 0 Å². The molecule has 0 saturated carbocycles. The van der Waals surface area contributed by atoms with Crippen LogP contribution in [0.4, 0.5) is 132 Å². The van der Waals surface area contributed by atoms with Crippen molar-refractivity contribution in [3.63, 3.8) is 0 Å².